The summed E-state index contributed by atoms with van der Waals surface area (Å²) in [6, 6.07) is 6.17. The second-order valence-corrected chi connectivity index (χ2v) is 5.22. The largest absolute Gasteiger partial charge is 0.342 e. The van der Waals surface area contributed by atoms with Gasteiger partial charge in [0.05, 0.1) is 11.0 Å². The molecule has 0 saturated carbocycles. The summed E-state index contributed by atoms with van der Waals surface area (Å²) in [6.45, 7) is 2.81. The fraction of sp³-hybridized carbons (Fsp3) is 0.562. The van der Waals surface area contributed by atoms with E-state index in [-0.39, 0.29) is 0 Å². The van der Waals surface area contributed by atoms with Gasteiger partial charge in [-0.05, 0) is 18.1 Å². The Kier molecular flexibility index (Phi) is 5.40. The minimum Gasteiger partial charge on any atom is -0.342 e. The van der Waals surface area contributed by atoms with E-state index in [0.29, 0.717) is 6.54 Å². The number of fused-ring (bicyclic) bond motifs is 1. The van der Waals surface area contributed by atoms with Crippen molar-refractivity contribution in [3.63, 3.8) is 0 Å². The van der Waals surface area contributed by atoms with Crippen molar-refractivity contribution in [1.82, 2.24) is 9.97 Å². The Balaban J connectivity index is 1.87. The SMILES string of the molecule is CCCCCCCCc1nc2c(CN)cccc2[nH]1. The minimum absolute atomic E-state index is 0.554. The number of H-pyrrole nitrogens is 1. The first-order chi connectivity index (χ1) is 9.35. The van der Waals surface area contributed by atoms with Crippen LogP contribution >= 0.6 is 0 Å². The molecule has 104 valence electrons. The molecule has 0 saturated heterocycles. The summed E-state index contributed by atoms with van der Waals surface area (Å²) >= 11 is 0. The number of aromatic nitrogens is 2. The lowest BCUT2D eigenvalue weighted by Crippen LogP contribution is -1.96. The van der Waals surface area contributed by atoms with E-state index in [4.69, 9.17) is 5.73 Å². The van der Waals surface area contributed by atoms with Gasteiger partial charge in [-0.2, -0.15) is 0 Å². The molecule has 0 fully saturated rings. The number of aryl methyl sites for hydroxylation is 1. The fourth-order valence-corrected chi connectivity index (χ4v) is 2.50. The van der Waals surface area contributed by atoms with Gasteiger partial charge in [0.25, 0.3) is 0 Å². The van der Waals surface area contributed by atoms with Crippen LogP contribution in [0.25, 0.3) is 11.0 Å². The van der Waals surface area contributed by atoms with Gasteiger partial charge in [0.1, 0.15) is 5.82 Å². The number of hydrogen-bond acceptors (Lipinski definition) is 2. The van der Waals surface area contributed by atoms with Gasteiger partial charge >= 0.3 is 0 Å². The molecule has 0 aliphatic heterocycles. The number of benzene rings is 1. The summed E-state index contributed by atoms with van der Waals surface area (Å²) in [5.41, 5.74) is 9.03. The summed E-state index contributed by atoms with van der Waals surface area (Å²) in [5.74, 6) is 1.10. The van der Waals surface area contributed by atoms with Crippen LogP contribution in [0.4, 0.5) is 0 Å². The number of rotatable bonds is 8. The highest BCUT2D eigenvalue weighted by molar-refractivity contribution is 5.78. The molecular weight excluding hydrogens is 234 g/mol. The monoisotopic (exact) mass is 259 g/mol. The first-order valence-electron chi connectivity index (χ1n) is 7.51. The van der Waals surface area contributed by atoms with Crippen molar-refractivity contribution >= 4 is 11.0 Å². The molecule has 3 heteroatoms. The van der Waals surface area contributed by atoms with Gasteiger partial charge in [-0.1, -0.05) is 51.2 Å². The third-order valence-corrected chi connectivity index (χ3v) is 3.63. The van der Waals surface area contributed by atoms with Crippen LogP contribution in [0, 0.1) is 0 Å². The molecule has 3 N–H and O–H groups in total. The number of unbranched alkanes of at least 4 members (excludes halogenated alkanes) is 5. The van der Waals surface area contributed by atoms with E-state index in [9.17, 15) is 0 Å². The Morgan fingerprint density at radius 2 is 1.89 bits per heavy atom. The maximum absolute atomic E-state index is 5.74. The van der Waals surface area contributed by atoms with E-state index in [1.165, 1.54) is 38.5 Å². The molecule has 1 aromatic carbocycles. The van der Waals surface area contributed by atoms with Crippen LogP contribution in [0.3, 0.4) is 0 Å². The predicted molar refractivity (Wildman–Crippen MR) is 81.1 cm³/mol. The highest BCUT2D eigenvalue weighted by Crippen LogP contribution is 2.17. The van der Waals surface area contributed by atoms with Crippen molar-refractivity contribution in [2.75, 3.05) is 0 Å². The molecule has 1 aromatic heterocycles. The summed E-state index contributed by atoms with van der Waals surface area (Å²) < 4.78 is 0. The van der Waals surface area contributed by atoms with Crippen LogP contribution in [0.1, 0.15) is 56.8 Å². The quantitative estimate of drug-likeness (QED) is 0.706. The van der Waals surface area contributed by atoms with Crippen LogP contribution in [-0.4, -0.2) is 9.97 Å². The van der Waals surface area contributed by atoms with Crippen molar-refractivity contribution in [3.8, 4) is 0 Å². The van der Waals surface area contributed by atoms with Crippen LogP contribution in [0.15, 0.2) is 18.2 Å². The molecular formula is C16H25N3. The number of para-hydroxylation sites is 1. The van der Waals surface area contributed by atoms with Gasteiger partial charge in [0.2, 0.25) is 0 Å². The van der Waals surface area contributed by atoms with Crippen LogP contribution in [-0.2, 0) is 13.0 Å². The number of hydrogen-bond donors (Lipinski definition) is 2. The second kappa shape index (κ2) is 7.29. The third-order valence-electron chi connectivity index (χ3n) is 3.63. The molecule has 2 rings (SSSR count). The number of nitrogens with zero attached hydrogens (tertiary/aromatic N) is 1. The number of imidazole rings is 1. The first kappa shape index (κ1) is 14.1. The minimum atomic E-state index is 0.554. The number of nitrogens with two attached hydrogens (primary N) is 1. The van der Waals surface area contributed by atoms with Crippen molar-refractivity contribution in [2.24, 2.45) is 5.73 Å². The normalized spacial score (nSPS) is 11.3. The first-order valence-corrected chi connectivity index (χ1v) is 7.51. The summed E-state index contributed by atoms with van der Waals surface area (Å²) in [4.78, 5) is 8.09. The summed E-state index contributed by atoms with van der Waals surface area (Å²) in [5, 5.41) is 0. The molecule has 3 nitrogen and oxygen atoms in total. The van der Waals surface area contributed by atoms with E-state index >= 15 is 0 Å². The Hall–Kier alpha value is -1.35. The fourth-order valence-electron chi connectivity index (χ4n) is 2.50. The topological polar surface area (TPSA) is 54.7 Å². The Labute approximate surface area is 115 Å². The van der Waals surface area contributed by atoms with Gasteiger partial charge in [0.15, 0.2) is 0 Å². The van der Waals surface area contributed by atoms with Crippen molar-refractivity contribution in [3.05, 3.63) is 29.6 Å². The van der Waals surface area contributed by atoms with E-state index in [1.807, 2.05) is 6.07 Å². The van der Waals surface area contributed by atoms with Crippen LogP contribution in [0.5, 0.6) is 0 Å². The highest BCUT2D eigenvalue weighted by atomic mass is 14.9. The van der Waals surface area contributed by atoms with Gasteiger partial charge in [-0.15, -0.1) is 0 Å². The molecule has 0 aliphatic rings. The molecule has 19 heavy (non-hydrogen) atoms. The molecule has 2 aromatic rings. The molecule has 0 spiro atoms. The lowest BCUT2D eigenvalue weighted by Gasteiger charge is -1.98. The Bertz CT molecular complexity index is 502. The highest BCUT2D eigenvalue weighted by Gasteiger charge is 2.05. The van der Waals surface area contributed by atoms with E-state index < -0.39 is 0 Å². The van der Waals surface area contributed by atoms with Gasteiger partial charge in [-0.3, -0.25) is 0 Å². The average molecular weight is 259 g/mol. The van der Waals surface area contributed by atoms with E-state index in [2.05, 4.69) is 29.0 Å². The van der Waals surface area contributed by atoms with Gasteiger partial charge in [-0.25, -0.2) is 4.98 Å². The standard InChI is InChI=1S/C16H25N3/c1-2-3-4-5-6-7-11-15-18-14-10-8-9-13(12-17)16(14)19-15/h8-10H,2-7,11-12,17H2,1H3,(H,18,19). The van der Waals surface area contributed by atoms with Gasteiger partial charge in [0, 0.05) is 13.0 Å². The van der Waals surface area contributed by atoms with E-state index in [1.54, 1.807) is 0 Å². The van der Waals surface area contributed by atoms with Crippen molar-refractivity contribution in [1.29, 1.82) is 0 Å². The molecule has 0 atom stereocenters. The maximum Gasteiger partial charge on any atom is 0.107 e. The Morgan fingerprint density at radius 1 is 1.11 bits per heavy atom. The second-order valence-electron chi connectivity index (χ2n) is 5.22. The molecule has 0 unspecified atom stereocenters. The zero-order valence-electron chi connectivity index (χ0n) is 11.9. The van der Waals surface area contributed by atoms with Crippen LogP contribution in [0.2, 0.25) is 0 Å². The smallest absolute Gasteiger partial charge is 0.107 e. The number of aromatic amines is 1. The molecule has 0 bridgehead atoms. The lowest BCUT2D eigenvalue weighted by atomic mass is 10.1. The predicted octanol–water partition coefficient (Wildman–Crippen LogP) is 3.92. The Morgan fingerprint density at radius 3 is 2.68 bits per heavy atom. The maximum atomic E-state index is 5.74. The van der Waals surface area contributed by atoms with E-state index in [0.717, 1.165) is 28.8 Å². The summed E-state index contributed by atoms with van der Waals surface area (Å²) in [6.07, 6.45) is 8.97. The number of nitrogens with one attached hydrogen (secondary N) is 1. The average Bonchev–Trinajstić information content (AvgIpc) is 2.85. The zero-order valence-corrected chi connectivity index (χ0v) is 11.9. The molecule has 0 aliphatic carbocycles. The summed E-state index contributed by atoms with van der Waals surface area (Å²) in [7, 11) is 0. The molecule has 0 amide bonds. The van der Waals surface area contributed by atoms with Crippen molar-refractivity contribution < 1.29 is 0 Å². The zero-order chi connectivity index (χ0) is 13.5. The third kappa shape index (κ3) is 3.80. The van der Waals surface area contributed by atoms with Gasteiger partial charge < -0.3 is 10.7 Å². The van der Waals surface area contributed by atoms with Crippen molar-refractivity contribution in [2.45, 2.75) is 58.4 Å². The molecule has 1 heterocycles. The van der Waals surface area contributed by atoms with Crippen LogP contribution < -0.4 is 5.73 Å². The molecule has 0 radical (unpaired) electrons. The lowest BCUT2D eigenvalue weighted by molar-refractivity contribution is 0.602.